The molecular weight excluding hydrogens is 281 g/mol. The summed E-state index contributed by atoms with van der Waals surface area (Å²) < 4.78 is 45.1. The molecule has 0 radical (unpaired) electrons. The van der Waals surface area contributed by atoms with E-state index in [1.54, 1.807) is 0 Å². The van der Waals surface area contributed by atoms with E-state index < -0.39 is 23.4 Å². The highest BCUT2D eigenvalue weighted by Crippen LogP contribution is 2.42. The normalized spacial score (nSPS) is 20.8. The highest BCUT2D eigenvalue weighted by Gasteiger charge is 2.42. The second kappa shape index (κ2) is 6.32. The summed E-state index contributed by atoms with van der Waals surface area (Å²) in [5.74, 6) is 0. The zero-order valence-corrected chi connectivity index (χ0v) is 12.1. The largest absolute Gasteiger partial charge is 0.416 e. The van der Waals surface area contributed by atoms with Gasteiger partial charge in [0.05, 0.1) is 17.2 Å². The fourth-order valence-corrected chi connectivity index (χ4v) is 3.17. The predicted octanol–water partition coefficient (Wildman–Crippen LogP) is 3.84. The molecule has 0 bridgehead atoms. The third-order valence-corrected chi connectivity index (χ3v) is 4.42. The van der Waals surface area contributed by atoms with Crippen LogP contribution in [0.3, 0.4) is 0 Å². The maximum absolute atomic E-state index is 13.2. The Bertz CT molecular complexity index is 468. The Morgan fingerprint density at radius 2 is 1.86 bits per heavy atom. The second-order valence-electron chi connectivity index (χ2n) is 5.62. The van der Waals surface area contributed by atoms with Crippen molar-refractivity contribution < 1.29 is 17.9 Å². The maximum Gasteiger partial charge on any atom is 0.416 e. The lowest BCUT2D eigenvalue weighted by molar-refractivity contribution is -0.139. The number of ether oxygens (including phenoxy) is 1. The molecule has 0 aromatic carbocycles. The van der Waals surface area contributed by atoms with E-state index in [2.05, 4.69) is 4.98 Å². The Morgan fingerprint density at radius 3 is 2.38 bits per heavy atom. The average Bonchev–Trinajstić information content (AvgIpc) is 2.72. The fourth-order valence-electron chi connectivity index (χ4n) is 3.17. The Kier molecular flexibility index (Phi) is 4.88. The van der Waals surface area contributed by atoms with Gasteiger partial charge in [0.15, 0.2) is 0 Å². The van der Waals surface area contributed by atoms with E-state index in [-0.39, 0.29) is 5.56 Å². The number of hydrogen-bond donors (Lipinski definition) is 1. The van der Waals surface area contributed by atoms with Crippen molar-refractivity contribution in [2.24, 2.45) is 5.73 Å². The molecule has 1 unspecified atom stereocenters. The van der Waals surface area contributed by atoms with Crippen LogP contribution in [0.5, 0.6) is 0 Å². The van der Waals surface area contributed by atoms with Gasteiger partial charge in [-0.15, -0.1) is 0 Å². The summed E-state index contributed by atoms with van der Waals surface area (Å²) in [7, 11) is 1.54. The van der Waals surface area contributed by atoms with Crippen molar-refractivity contribution in [3.05, 3.63) is 29.6 Å². The summed E-state index contributed by atoms with van der Waals surface area (Å²) in [4.78, 5) is 3.83. The van der Waals surface area contributed by atoms with Gasteiger partial charge < -0.3 is 10.5 Å². The van der Waals surface area contributed by atoms with Crippen LogP contribution >= 0.6 is 0 Å². The molecule has 0 amide bonds. The van der Waals surface area contributed by atoms with Crippen LogP contribution < -0.4 is 5.73 Å². The quantitative estimate of drug-likeness (QED) is 0.863. The Labute approximate surface area is 122 Å². The highest BCUT2D eigenvalue weighted by atomic mass is 19.4. The summed E-state index contributed by atoms with van der Waals surface area (Å²) in [5.41, 5.74) is 4.79. The van der Waals surface area contributed by atoms with E-state index in [9.17, 15) is 13.2 Å². The zero-order chi connectivity index (χ0) is 15.5. The zero-order valence-electron chi connectivity index (χ0n) is 12.1. The molecule has 3 nitrogen and oxygen atoms in total. The minimum Gasteiger partial charge on any atom is -0.376 e. The molecule has 118 valence electrons. The molecule has 0 spiro atoms. The van der Waals surface area contributed by atoms with Crippen LogP contribution in [0, 0.1) is 0 Å². The van der Waals surface area contributed by atoms with E-state index in [4.69, 9.17) is 10.5 Å². The molecule has 1 aliphatic carbocycles. The molecule has 1 saturated carbocycles. The number of rotatable bonds is 3. The molecule has 1 fully saturated rings. The highest BCUT2D eigenvalue weighted by molar-refractivity contribution is 5.31. The summed E-state index contributed by atoms with van der Waals surface area (Å²) in [5, 5.41) is 0. The molecule has 0 aliphatic heterocycles. The van der Waals surface area contributed by atoms with Crippen LogP contribution in [0.1, 0.15) is 55.7 Å². The molecule has 1 aromatic heterocycles. The molecule has 1 heterocycles. The SMILES string of the molecule is COC1(C(N)c2cnccc2C(F)(F)F)CCCCCC1. The Morgan fingerprint density at radius 1 is 1.24 bits per heavy atom. The first kappa shape index (κ1) is 16.2. The van der Waals surface area contributed by atoms with Gasteiger partial charge in [0.2, 0.25) is 0 Å². The molecule has 1 aromatic rings. The molecule has 2 rings (SSSR count). The fraction of sp³-hybridized carbons (Fsp3) is 0.667. The molecule has 1 aliphatic rings. The summed E-state index contributed by atoms with van der Waals surface area (Å²) in [6.07, 6.45) is 3.26. The smallest absolute Gasteiger partial charge is 0.376 e. The lowest BCUT2D eigenvalue weighted by Crippen LogP contribution is -2.43. The summed E-state index contributed by atoms with van der Waals surface area (Å²) >= 11 is 0. The predicted molar refractivity (Wildman–Crippen MR) is 73.6 cm³/mol. The number of hydrogen-bond acceptors (Lipinski definition) is 3. The van der Waals surface area contributed by atoms with Gasteiger partial charge in [-0.05, 0) is 18.9 Å². The van der Waals surface area contributed by atoms with E-state index >= 15 is 0 Å². The van der Waals surface area contributed by atoms with Crippen molar-refractivity contribution >= 4 is 0 Å². The van der Waals surface area contributed by atoms with Crippen LogP contribution in [-0.2, 0) is 10.9 Å². The first-order valence-electron chi connectivity index (χ1n) is 7.22. The lowest BCUT2D eigenvalue weighted by Gasteiger charge is -2.38. The first-order valence-corrected chi connectivity index (χ1v) is 7.22. The number of aromatic nitrogens is 1. The summed E-state index contributed by atoms with van der Waals surface area (Å²) in [6, 6.07) is 0.154. The number of methoxy groups -OCH3 is 1. The molecule has 0 saturated heterocycles. The van der Waals surface area contributed by atoms with Gasteiger partial charge in [0, 0.05) is 25.1 Å². The maximum atomic E-state index is 13.2. The number of nitrogens with zero attached hydrogens (tertiary/aromatic N) is 1. The van der Waals surface area contributed by atoms with E-state index in [0.29, 0.717) is 12.8 Å². The Balaban J connectivity index is 2.40. The third-order valence-electron chi connectivity index (χ3n) is 4.42. The minimum absolute atomic E-state index is 0.0220. The standard InChI is InChI=1S/C15H21F3N2O/c1-21-14(7-4-2-3-5-8-14)13(19)11-10-20-9-6-12(11)15(16,17)18/h6,9-10,13H,2-5,7-8,19H2,1H3. The number of halogens is 3. The molecule has 6 heteroatoms. The van der Waals surface area contributed by atoms with Gasteiger partial charge >= 0.3 is 6.18 Å². The van der Waals surface area contributed by atoms with E-state index in [1.807, 2.05) is 0 Å². The third kappa shape index (κ3) is 3.37. The molecule has 2 N–H and O–H groups in total. The van der Waals surface area contributed by atoms with Crippen molar-refractivity contribution in [2.45, 2.75) is 56.3 Å². The van der Waals surface area contributed by atoms with Crippen LogP contribution in [0.2, 0.25) is 0 Å². The first-order chi connectivity index (χ1) is 9.91. The van der Waals surface area contributed by atoms with Gasteiger partial charge in [-0.3, -0.25) is 4.98 Å². The lowest BCUT2D eigenvalue weighted by atomic mass is 9.81. The van der Waals surface area contributed by atoms with Crippen LogP contribution in [0.4, 0.5) is 13.2 Å². The van der Waals surface area contributed by atoms with Crippen LogP contribution in [-0.4, -0.2) is 17.7 Å². The monoisotopic (exact) mass is 302 g/mol. The van der Waals surface area contributed by atoms with Crippen molar-refractivity contribution in [2.75, 3.05) is 7.11 Å². The van der Waals surface area contributed by atoms with E-state index in [0.717, 1.165) is 37.9 Å². The van der Waals surface area contributed by atoms with Crippen molar-refractivity contribution in [3.8, 4) is 0 Å². The summed E-state index contributed by atoms with van der Waals surface area (Å²) in [6.45, 7) is 0. The minimum atomic E-state index is -4.43. The average molecular weight is 302 g/mol. The van der Waals surface area contributed by atoms with Crippen molar-refractivity contribution in [1.82, 2.24) is 4.98 Å². The molecule has 21 heavy (non-hydrogen) atoms. The second-order valence-corrected chi connectivity index (χ2v) is 5.62. The molecule has 1 atom stereocenters. The van der Waals surface area contributed by atoms with Crippen LogP contribution in [0.15, 0.2) is 18.5 Å². The van der Waals surface area contributed by atoms with Gasteiger partial charge in [-0.25, -0.2) is 0 Å². The van der Waals surface area contributed by atoms with Crippen molar-refractivity contribution in [1.29, 1.82) is 0 Å². The van der Waals surface area contributed by atoms with Gasteiger partial charge in [-0.1, -0.05) is 25.7 Å². The number of nitrogens with two attached hydrogens (primary N) is 1. The number of alkyl halides is 3. The van der Waals surface area contributed by atoms with E-state index in [1.165, 1.54) is 13.3 Å². The van der Waals surface area contributed by atoms with Gasteiger partial charge in [0.1, 0.15) is 0 Å². The number of pyridine rings is 1. The van der Waals surface area contributed by atoms with Gasteiger partial charge in [-0.2, -0.15) is 13.2 Å². The van der Waals surface area contributed by atoms with Gasteiger partial charge in [0.25, 0.3) is 0 Å². The van der Waals surface area contributed by atoms with Crippen LogP contribution in [0.25, 0.3) is 0 Å². The Hall–Kier alpha value is -1.14. The van der Waals surface area contributed by atoms with Crippen molar-refractivity contribution in [3.63, 3.8) is 0 Å². The molecular formula is C15H21F3N2O. The topological polar surface area (TPSA) is 48.1 Å².